The lowest BCUT2D eigenvalue weighted by molar-refractivity contribution is -0.155. The van der Waals surface area contributed by atoms with Gasteiger partial charge in [-0.2, -0.15) is 0 Å². The summed E-state index contributed by atoms with van der Waals surface area (Å²) < 4.78 is 0. The predicted molar refractivity (Wildman–Crippen MR) is 58.1 cm³/mol. The van der Waals surface area contributed by atoms with Crippen LogP contribution in [0.1, 0.15) is 19.8 Å². The van der Waals surface area contributed by atoms with Crippen molar-refractivity contribution in [3.05, 3.63) is 0 Å². The second-order valence-corrected chi connectivity index (χ2v) is 3.76. The number of aliphatic carboxylic acids is 1. The molecule has 0 radical (unpaired) electrons. The van der Waals surface area contributed by atoms with Crippen LogP contribution in [-0.2, 0) is 9.59 Å². The maximum Gasteiger partial charge on any atom is 0.337 e. The van der Waals surface area contributed by atoms with Crippen LogP contribution >= 0.6 is 0 Å². The third-order valence-corrected chi connectivity index (χ3v) is 1.94. The lowest BCUT2D eigenvalue weighted by Gasteiger charge is -2.18. The van der Waals surface area contributed by atoms with Gasteiger partial charge in [-0.05, 0) is 13.3 Å². The summed E-state index contributed by atoms with van der Waals surface area (Å²) >= 11 is 0. The van der Waals surface area contributed by atoms with Gasteiger partial charge in [-0.25, -0.2) is 9.59 Å². The van der Waals surface area contributed by atoms with Crippen molar-refractivity contribution in [1.82, 2.24) is 10.6 Å². The average molecular weight is 247 g/mol. The number of carbonyl (C=O) groups is 3. The molecule has 0 spiro atoms. The summed E-state index contributed by atoms with van der Waals surface area (Å²) in [5, 5.41) is 22.4. The number of nitrogens with two attached hydrogens (primary N) is 1. The van der Waals surface area contributed by atoms with Gasteiger partial charge in [-0.3, -0.25) is 4.79 Å². The summed E-state index contributed by atoms with van der Waals surface area (Å²) in [7, 11) is 0. The first kappa shape index (κ1) is 15.2. The molecule has 0 rings (SSSR count). The normalized spacial score (nSPS) is 13.5. The van der Waals surface area contributed by atoms with E-state index in [0.717, 1.165) is 6.92 Å². The minimum absolute atomic E-state index is 0.160. The van der Waals surface area contributed by atoms with Crippen molar-refractivity contribution in [2.24, 2.45) is 5.73 Å². The highest BCUT2D eigenvalue weighted by Crippen LogP contribution is 2.00. The third kappa shape index (κ3) is 7.12. The molecule has 0 aliphatic carbocycles. The van der Waals surface area contributed by atoms with Crippen LogP contribution < -0.4 is 16.4 Å². The summed E-state index contributed by atoms with van der Waals surface area (Å²) in [4.78, 5) is 32.0. The van der Waals surface area contributed by atoms with E-state index in [-0.39, 0.29) is 13.0 Å². The largest absolute Gasteiger partial charge is 0.479 e. The third-order valence-electron chi connectivity index (χ3n) is 1.94. The summed E-state index contributed by atoms with van der Waals surface area (Å²) in [6.07, 6.45) is 0.561. The first-order valence-corrected chi connectivity index (χ1v) is 5.01. The Hall–Kier alpha value is -1.83. The molecular weight excluding hydrogens is 230 g/mol. The number of nitrogens with one attached hydrogen (secondary N) is 2. The van der Waals surface area contributed by atoms with E-state index in [1.165, 1.54) is 0 Å². The summed E-state index contributed by atoms with van der Waals surface area (Å²) in [5.74, 6) is -1.88. The lowest BCUT2D eigenvalue weighted by Crippen LogP contribution is -2.49. The van der Waals surface area contributed by atoms with E-state index < -0.39 is 30.1 Å². The SMILES string of the molecule is CC(O)(CNC(=O)NCCCC(N)=O)C(=O)O. The fraction of sp³-hybridized carbons (Fsp3) is 0.667. The lowest BCUT2D eigenvalue weighted by atomic mass is 10.1. The minimum Gasteiger partial charge on any atom is -0.479 e. The molecule has 6 N–H and O–H groups in total. The Bertz CT molecular complexity index is 303. The number of urea groups is 1. The second-order valence-electron chi connectivity index (χ2n) is 3.76. The molecule has 0 saturated carbocycles. The van der Waals surface area contributed by atoms with Crippen molar-refractivity contribution in [2.45, 2.75) is 25.4 Å². The first-order chi connectivity index (χ1) is 7.75. The molecule has 8 heteroatoms. The Kier molecular flexibility index (Phi) is 5.97. The number of hydrogen-bond acceptors (Lipinski definition) is 4. The van der Waals surface area contributed by atoms with Crippen LogP contribution in [0.5, 0.6) is 0 Å². The van der Waals surface area contributed by atoms with Gasteiger partial charge in [-0.15, -0.1) is 0 Å². The number of carboxylic acids is 1. The van der Waals surface area contributed by atoms with Crippen molar-refractivity contribution < 1.29 is 24.6 Å². The fourth-order valence-corrected chi connectivity index (χ4v) is 0.855. The predicted octanol–water partition coefficient (Wildman–Crippen LogP) is -1.61. The van der Waals surface area contributed by atoms with Gasteiger partial charge >= 0.3 is 12.0 Å². The standard InChI is InChI=1S/C9H17N3O5/c1-9(17,7(14)15)5-12-8(16)11-4-2-3-6(10)13/h17H,2-5H2,1H3,(H2,10,13)(H,14,15)(H2,11,12,16). The van der Waals surface area contributed by atoms with Crippen LogP contribution in [0.4, 0.5) is 4.79 Å². The highest BCUT2D eigenvalue weighted by Gasteiger charge is 2.30. The summed E-state index contributed by atoms with van der Waals surface area (Å²) in [6.45, 7) is 0.899. The van der Waals surface area contributed by atoms with Crippen molar-refractivity contribution >= 4 is 17.9 Å². The molecule has 1 unspecified atom stereocenters. The quantitative estimate of drug-likeness (QED) is 0.344. The van der Waals surface area contributed by atoms with Crippen molar-refractivity contribution in [3.8, 4) is 0 Å². The van der Waals surface area contributed by atoms with E-state index in [9.17, 15) is 19.5 Å². The van der Waals surface area contributed by atoms with E-state index in [1.54, 1.807) is 0 Å². The van der Waals surface area contributed by atoms with Gasteiger partial charge in [0.05, 0.1) is 6.54 Å². The smallest absolute Gasteiger partial charge is 0.337 e. The fourth-order valence-electron chi connectivity index (χ4n) is 0.855. The van der Waals surface area contributed by atoms with Crippen molar-refractivity contribution in [1.29, 1.82) is 0 Å². The minimum atomic E-state index is -2.01. The molecule has 17 heavy (non-hydrogen) atoms. The molecule has 0 aliphatic rings. The summed E-state index contributed by atoms with van der Waals surface area (Å²) in [6, 6.07) is -0.615. The second kappa shape index (κ2) is 6.69. The van der Waals surface area contributed by atoms with E-state index in [1.807, 2.05) is 0 Å². The summed E-state index contributed by atoms with van der Waals surface area (Å²) in [5.41, 5.74) is 2.88. The number of aliphatic hydroxyl groups is 1. The Labute approximate surface area is 98.2 Å². The molecule has 0 saturated heterocycles. The van der Waals surface area contributed by atoms with Crippen molar-refractivity contribution in [2.75, 3.05) is 13.1 Å². The Morgan fingerprint density at radius 3 is 2.35 bits per heavy atom. The van der Waals surface area contributed by atoms with Gasteiger partial charge in [-0.1, -0.05) is 0 Å². The number of carboxylic acid groups (broad SMARTS) is 1. The van der Waals surface area contributed by atoms with Gasteiger partial charge in [0.25, 0.3) is 0 Å². The molecule has 0 aromatic carbocycles. The topological polar surface area (TPSA) is 142 Å². The van der Waals surface area contributed by atoms with E-state index in [4.69, 9.17) is 10.8 Å². The van der Waals surface area contributed by atoms with Crippen LogP contribution in [0.3, 0.4) is 0 Å². The molecule has 0 aliphatic heterocycles. The Morgan fingerprint density at radius 1 is 1.29 bits per heavy atom. The van der Waals surface area contributed by atoms with E-state index in [2.05, 4.69) is 10.6 Å². The molecule has 0 bridgehead atoms. The Morgan fingerprint density at radius 2 is 1.88 bits per heavy atom. The highest BCUT2D eigenvalue weighted by molar-refractivity contribution is 5.79. The number of hydrogen-bond donors (Lipinski definition) is 5. The van der Waals surface area contributed by atoms with Crippen LogP contribution in [0.15, 0.2) is 0 Å². The van der Waals surface area contributed by atoms with Crippen LogP contribution in [0.2, 0.25) is 0 Å². The number of carbonyl (C=O) groups excluding carboxylic acids is 2. The van der Waals surface area contributed by atoms with E-state index in [0.29, 0.717) is 6.42 Å². The van der Waals surface area contributed by atoms with Crippen LogP contribution in [0, 0.1) is 0 Å². The molecule has 0 fully saturated rings. The maximum atomic E-state index is 11.1. The van der Waals surface area contributed by atoms with Crippen LogP contribution in [0.25, 0.3) is 0 Å². The molecule has 0 aromatic rings. The zero-order chi connectivity index (χ0) is 13.5. The zero-order valence-electron chi connectivity index (χ0n) is 9.52. The van der Waals surface area contributed by atoms with Gasteiger partial charge in [0.1, 0.15) is 0 Å². The van der Waals surface area contributed by atoms with Gasteiger partial charge in [0.2, 0.25) is 5.91 Å². The number of rotatable bonds is 7. The first-order valence-electron chi connectivity index (χ1n) is 5.01. The van der Waals surface area contributed by atoms with Gasteiger partial charge in [0.15, 0.2) is 5.60 Å². The zero-order valence-corrected chi connectivity index (χ0v) is 9.52. The van der Waals surface area contributed by atoms with E-state index >= 15 is 0 Å². The molecule has 0 heterocycles. The highest BCUT2D eigenvalue weighted by atomic mass is 16.4. The average Bonchev–Trinajstić information content (AvgIpc) is 2.21. The molecule has 1 atom stereocenters. The number of amides is 3. The number of primary amides is 1. The molecule has 98 valence electrons. The monoisotopic (exact) mass is 247 g/mol. The molecule has 8 nitrogen and oxygen atoms in total. The molecular formula is C9H17N3O5. The maximum absolute atomic E-state index is 11.1. The van der Waals surface area contributed by atoms with Crippen molar-refractivity contribution in [3.63, 3.8) is 0 Å². The van der Waals surface area contributed by atoms with Gasteiger partial charge < -0.3 is 26.6 Å². The van der Waals surface area contributed by atoms with Crippen LogP contribution in [-0.4, -0.2) is 46.8 Å². The molecule has 0 aromatic heterocycles. The van der Waals surface area contributed by atoms with Gasteiger partial charge in [0, 0.05) is 13.0 Å². The Balaban J connectivity index is 3.74. The molecule has 3 amide bonds.